The minimum absolute atomic E-state index is 0.575. The highest BCUT2D eigenvalue weighted by Crippen LogP contribution is 2.26. The molecule has 88 valence electrons. The summed E-state index contributed by atoms with van der Waals surface area (Å²) >= 11 is 0. The molecule has 0 unspecified atom stereocenters. The second-order valence-corrected chi connectivity index (χ2v) is 5.03. The van der Waals surface area contributed by atoms with Crippen LogP contribution in [0.25, 0.3) is 0 Å². The standard InChI is InChI=1S/C13H21N3/c1-9-3-5-11(6-4-9)16-13-7-12(14)10(2)8-15-13/h7-9,11H,3-6H2,1-2H3,(H3,14,15,16). The van der Waals surface area contributed by atoms with Crippen LogP contribution in [0.4, 0.5) is 11.5 Å². The van der Waals surface area contributed by atoms with E-state index in [9.17, 15) is 0 Å². The Kier molecular flexibility index (Phi) is 3.32. The molecule has 2 rings (SSSR count). The summed E-state index contributed by atoms with van der Waals surface area (Å²) in [6.45, 7) is 4.31. The topological polar surface area (TPSA) is 50.9 Å². The Labute approximate surface area is 97.5 Å². The van der Waals surface area contributed by atoms with Crippen LogP contribution in [0.1, 0.15) is 38.2 Å². The fourth-order valence-corrected chi connectivity index (χ4v) is 2.23. The highest BCUT2D eigenvalue weighted by atomic mass is 15.0. The Morgan fingerprint density at radius 3 is 2.62 bits per heavy atom. The lowest BCUT2D eigenvalue weighted by Gasteiger charge is -2.27. The van der Waals surface area contributed by atoms with E-state index in [-0.39, 0.29) is 0 Å². The molecule has 16 heavy (non-hydrogen) atoms. The van der Waals surface area contributed by atoms with E-state index in [0.717, 1.165) is 23.0 Å². The summed E-state index contributed by atoms with van der Waals surface area (Å²) in [5, 5.41) is 3.48. The lowest BCUT2D eigenvalue weighted by molar-refractivity contribution is 0.361. The van der Waals surface area contributed by atoms with Crippen molar-refractivity contribution in [2.45, 2.75) is 45.6 Å². The van der Waals surface area contributed by atoms with Crippen LogP contribution >= 0.6 is 0 Å². The molecule has 1 fully saturated rings. The van der Waals surface area contributed by atoms with Gasteiger partial charge < -0.3 is 11.1 Å². The first-order valence-electron chi connectivity index (χ1n) is 6.14. The highest BCUT2D eigenvalue weighted by molar-refractivity contribution is 5.53. The second kappa shape index (κ2) is 4.73. The third-order valence-electron chi connectivity index (χ3n) is 3.51. The van der Waals surface area contributed by atoms with Gasteiger partial charge in [0.15, 0.2) is 0 Å². The SMILES string of the molecule is Cc1cnc(NC2CCC(C)CC2)cc1N. The van der Waals surface area contributed by atoms with Crippen LogP contribution in [-0.2, 0) is 0 Å². The Balaban J connectivity index is 1.96. The maximum atomic E-state index is 5.87. The highest BCUT2D eigenvalue weighted by Gasteiger charge is 2.18. The third kappa shape index (κ3) is 2.65. The van der Waals surface area contributed by atoms with Crippen LogP contribution in [0.3, 0.4) is 0 Å². The molecular formula is C13H21N3. The van der Waals surface area contributed by atoms with Gasteiger partial charge in [0.1, 0.15) is 5.82 Å². The zero-order valence-corrected chi connectivity index (χ0v) is 10.2. The van der Waals surface area contributed by atoms with E-state index < -0.39 is 0 Å². The van der Waals surface area contributed by atoms with E-state index in [1.165, 1.54) is 25.7 Å². The molecular weight excluding hydrogens is 198 g/mol. The number of aryl methyl sites for hydroxylation is 1. The predicted octanol–water partition coefficient (Wildman–Crippen LogP) is 2.96. The van der Waals surface area contributed by atoms with Crippen LogP contribution in [0.5, 0.6) is 0 Å². The Bertz CT molecular complexity index is 354. The first kappa shape index (κ1) is 11.2. The fourth-order valence-electron chi connectivity index (χ4n) is 2.23. The van der Waals surface area contributed by atoms with Gasteiger partial charge in [-0.1, -0.05) is 6.92 Å². The Morgan fingerprint density at radius 2 is 2.00 bits per heavy atom. The van der Waals surface area contributed by atoms with Crippen molar-refractivity contribution in [1.82, 2.24) is 4.98 Å². The molecule has 3 nitrogen and oxygen atoms in total. The number of pyridine rings is 1. The summed E-state index contributed by atoms with van der Waals surface area (Å²) < 4.78 is 0. The fraction of sp³-hybridized carbons (Fsp3) is 0.615. The van der Waals surface area contributed by atoms with Crippen molar-refractivity contribution in [3.63, 3.8) is 0 Å². The number of rotatable bonds is 2. The molecule has 3 heteroatoms. The molecule has 1 saturated carbocycles. The van der Waals surface area contributed by atoms with Crippen molar-refractivity contribution in [3.05, 3.63) is 17.8 Å². The first-order chi connectivity index (χ1) is 7.65. The number of hydrogen-bond donors (Lipinski definition) is 2. The molecule has 1 aliphatic rings. The molecule has 3 N–H and O–H groups in total. The largest absolute Gasteiger partial charge is 0.398 e. The number of nitrogens with two attached hydrogens (primary N) is 1. The Hall–Kier alpha value is -1.25. The van der Waals surface area contributed by atoms with Crippen LogP contribution in [-0.4, -0.2) is 11.0 Å². The summed E-state index contributed by atoms with van der Waals surface area (Å²) in [5.74, 6) is 1.80. The van der Waals surface area contributed by atoms with E-state index in [1.54, 1.807) is 0 Å². The lowest BCUT2D eigenvalue weighted by Crippen LogP contribution is -2.25. The van der Waals surface area contributed by atoms with Gasteiger partial charge in [-0.05, 0) is 44.1 Å². The molecule has 0 spiro atoms. The van der Waals surface area contributed by atoms with Crippen molar-refractivity contribution in [2.24, 2.45) is 5.92 Å². The van der Waals surface area contributed by atoms with Crippen LogP contribution in [0, 0.1) is 12.8 Å². The van der Waals surface area contributed by atoms with Gasteiger partial charge in [-0.15, -0.1) is 0 Å². The number of hydrogen-bond acceptors (Lipinski definition) is 3. The average molecular weight is 219 g/mol. The monoisotopic (exact) mass is 219 g/mol. The summed E-state index contributed by atoms with van der Waals surface area (Å²) in [6, 6.07) is 2.51. The average Bonchev–Trinajstić information content (AvgIpc) is 2.27. The molecule has 0 bridgehead atoms. The van der Waals surface area contributed by atoms with Gasteiger partial charge in [0.25, 0.3) is 0 Å². The molecule has 1 aliphatic carbocycles. The van der Waals surface area contributed by atoms with E-state index >= 15 is 0 Å². The zero-order valence-electron chi connectivity index (χ0n) is 10.2. The van der Waals surface area contributed by atoms with Gasteiger partial charge in [-0.25, -0.2) is 4.98 Å². The minimum Gasteiger partial charge on any atom is -0.398 e. The zero-order chi connectivity index (χ0) is 11.5. The summed E-state index contributed by atoms with van der Waals surface area (Å²) in [5.41, 5.74) is 7.73. The van der Waals surface area contributed by atoms with Crippen LogP contribution in [0.15, 0.2) is 12.3 Å². The van der Waals surface area contributed by atoms with Crippen LogP contribution < -0.4 is 11.1 Å². The van der Waals surface area contributed by atoms with Gasteiger partial charge in [0.05, 0.1) is 0 Å². The molecule has 0 radical (unpaired) electrons. The summed E-state index contributed by atoms with van der Waals surface area (Å²) in [6.07, 6.45) is 6.97. The lowest BCUT2D eigenvalue weighted by atomic mass is 9.87. The molecule has 0 aromatic carbocycles. The summed E-state index contributed by atoms with van der Waals surface area (Å²) in [7, 11) is 0. The molecule has 0 amide bonds. The summed E-state index contributed by atoms with van der Waals surface area (Å²) in [4.78, 5) is 4.36. The molecule has 1 aromatic heterocycles. The third-order valence-corrected chi connectivity index (χ3v) is 3.51. The first-order valence-corrected chi connectivity index (χ1v) is 6.14. The van der Waals surface area contributed by atoms with E-state index in [2.05, 4.69) is 17.2 Å². The van der Waals surface area contributed by atoms with Crippen molar-refractivity contribution in [3.8, 4) is 0 Å². The Morgan fingerprint density at radius 1 is 1.31 bits per heavy atom. The molecule has 0 aliphatic heterocycles. The van der Waals surface area contributed by atoms with Gasteiger partial charge in [0, 0.05) is 24.0 Å². The number of aromatic nitrogens is 1. The number of anilines is 2. The number of nitrogen functional groups attached to an aromatic ring is 1. The molecule has 0 atom stereocenters. The van der Waals surface area contributed by atoms with Crippen molar-refractivity contribution < 1.29 is 0 Å². The smallest absolute Gasteiger partial charge is 0.128 e. The van der Waals surface area contributed by atoms with E-state index in [0.29, 0.717) is 6.04 Å². The van der Waals surface area contributed by atoms with E-state index in [4.69, 9.17) is 5.73 Å². The quantitative estimate of drug-likeness (QED) is 0.804. The molecule has 0 saturated heterocycles. The molecule has 1 aromatic rings. The van der Waals surface area contributed by atoms with Crippen LogP contribution in [0.2, 0.25) is 0 Å². The van der Waals surface area contributed by atoms with Crippen molar-refractivity contribution >= 4 is 11.5 Å². The predicted molar refractivity (Wildman–Crippen MR) is 68.4 cm³/mol. The van der Waals surface area contributed by atoms with Crippen molar-refractivity contribution in [1.29, 1.82) is 0 Å². The van der Waals surface area contributed by atoms with Gasteiger partial charge in [0.2, 0.25) is 0 Å². The number of nitrogens with one attached hydrogen (secondary N) is 1. The second-order valence-electron chi connectivity index (χ2n) is 5.03. The number of nitrogens with zero attached hydrogens (tertiary/aromatic N) is 1. The maximum Gasteiger partial charge on any atom is 0.128 e. The van der Waals surface area contributed by atoms with Gasteiger partial charge in [-0.3, -0.25) is 0 Å². The van der Waals surface area contributed by atoms with Gasteiger partial charge >= 0.3 is 0 Å². The van der Waals surface area contributed by atoms with E-state index in [1.807, 2.05) is 19.2 Å². The normalized spacial score (nSPS) is 25.4. The van der Waals surface area contributed by atoms with Gasteiger partial charge in [-0.2, -0.15) is 0 Å². The minimum atomic E-state index is 0.575. The molecule has 1 heterocycles. The van der Waals surface area contributed by atoms with Crippen molar-refractivity contribution in [2.75, 3.05) is 11.1 Å². The maximum absolute atomic E-state index is 5.87.